The number of aryl methyl sites for hydroxylation is 2. The van der Waals surface area contributed by atoms with Gasteiger partial charge in [0.25, 0.3) is 5.91 Å². The number of rotatable bonds is 14. The number of halogens is 1. The number of ether oxygens (including phenoxy) is 2. The molecule has 0 radical (unpaired) electrons. The van der Waals surface area contributed by atoms with E-state index in [9.17, 15) is 24.6 Å². The molecule has 3 aromatic rings. The predicted molar refractivity (Wildman–Crippen MR) is 197 cm³/mol. The standard InChI is InChI=1S/C40H48ClN3O7/c1-25-19-31(41)35(20-26(25)2)51-18-17-50-34-14-10-9-13-29(34)30-21-28-22-44(36(46)15-16-40(3,4)39(48)49)23-32(42-28)37(30)38(47)43(5)24-33(45)27-11-7-6-8-12-27/h6-14,19-20,28,32-33,42,45H,15-18,21-24H2,1-5H3,(H,48,49)/t28-,32-,33-/m1/s1. The van der Waals surface area contributed by atoms with Gasteiger partial charge in [-0.05, 0) is 81.0 Å². The highest BCUT2D eigenvalue weighted by Crippen LogP contribution is 2.38. The molecule has 10 nitrogen and oxygen atoms in total. The molecule has 2 heterocycles. The highest BCUT2D eigenvalue weighted by Gasteiger charge is 2.41. The SMILES string of the molecule is Cc1cc(Cl)c(OCCOc2ccccc2C2=C(C(=O)N(C)C[C@@H](O)c3ccccc3)[C@H]3CN(C(=O)CCC(C)(C)C(=O)O)C[C@@H](C2)N3)cc1C. The Kier molecular flexibility index (Phi) is 12.1. The Morgan fingerprint density at radius 2 is 1.63 bits per heavy atom. The lowest BCUT2D eigenvalue weighted by Gasteiger charge is -2.45. The Labute approximate surface area is 305 Å². The molecule has 51 heavy (non-hydrogen) atoms. The van der Waals surface area contributed by atoms with Gasteiger partial charge in [0, 0.05) is 43.7 Å². The number of aliphatic hydroxyl groups is 1. The zero-order valence-electron chi connectivity index (χ0n) is 29.9. The van der Waals surface area contributed by atoms with Crippen molar-refractivity contribution in [3.05, 3.63) is 99.6 Å². The molecule has 0 saturated carbocycles. The second-order valence-corrected chi connectivity index (χ2v) is 14.6. The molecule has 0 spiro atoms. The third-order valence-corrected chi connectivity index (χ3v) is 10.2. The predicted octanol–water partition coefficient (Wildman–Crippen LogP) is 5.82. The van der Waals surface area contributed by atoms with Crippen molar-refractivity contribution in [3.8, 4) is 11.5 Å². The molecule has 0 aromatic heterocycles. The Morgan fingerprint density at radius 3 is 2.33 bits per heavy atom. The van der Waals surface area contributed by atoms with Gasteiger partial charge >= 0.3 is 5.97 Å². The summed E-state index contributed by atoms with van der Waals surface area (Å²) in [6.07, 6.45) is -0.144. The summed E-state index contributed by atoms with van der Waals surface area (Å²) in [6, 6.07) is 20.0. The molecule has 2 amide bonds. The number of benzene rings is 3. The number of carboxylic acids is 1. The molecule has 5 rings (SSSR count). The van der Waals surface area contributed by atoms with Crippen molar-refractivity contribution in [2.45, 2.75) is 65.1 Å². The topological polar surface area (TPSA) is 129 Å². The van der Waals surface area contributed by atoms with E-state index in [4.69, 9.17) is 21.1 Å². The van der Waals surface area contributed by atoms with Gasteiger partial charge < -0.3 is 34.8 Å². The van der Waals surface area contributed by atoms with Gasteiger partial charge in [-0.2, -0.15) is 0 Å². The number of aliphatic hydroxyl groups excluding tert-OH is 1. The molecule has 272 valence electrons. The number of para-hydroxylation sites is 1. The Hall–Kier alpha value is -4.38. The van der Waals surface area contributed by atoms with E-state index in [1.54, 1.807) is 25.8 Å². The lowest BCUT2D eigenvalue weighted by atomic mass is 9.82. The molecule has 2 aliphatic rings. The average molecular weight is 718 g/mol. The highest BCUT2D eigenvalue weighted by molar-refractivity contribution is 6.32. The van der Waals surface area contributed by atoms with E-state index >= 15 is 0 Å². The van der Waals surface area contributed by atoms with Gasteiger partial charge in [0.2, 0.25) is 5.91 Å². The van der Waals surface area contributed by atoms with E-state index in [-0.39, 0.29) is 57.0 Å². The summed E-state index contributed by atoms with van der Waals surface area (Å²) in [5, 5.41) is 24.7. The summed E-state index contributed by atoms with van der Waals surface area (Å²) in [7, 11) is 1.67. The van der Waals surface area contributed by atoms with Gasteiger partial charge in [-0.3, -0.25) is 14.4 Å². The average Bonchev–Trinajstić information content (AvgIpc) is 3.11. The Bertz CT molecular complexity index is 1780. The minimum Gasteiger partial charge on any atom is -0.489 e. The number of carbonyl (C=O) groups excluding carboxylic acids is 2. The van der Waals surface area contributed by atoms with Crippen LogP contribution in [0.25, 0.3) is 5.57 Å². The van der Waals surface area contributed by atoms with E-state index in [1.165, 1.54) is 4.90 Å². The fourth-order valence-electron chi connectivity index (χ4n) is 6.58. The number of likely N-dealkylation sites (N-methyl/N-ethyl adjacent to an activating group) is 1. The van der Waals surface area contributed by atoms with Crippen LogP contribution in [-0.2, 0) is 14.4 Å². The number of nitrogens with one attached hydrogen (secondary N) is 1. The van der Waals surface area contributed by atoms with Gasteiger partial charge in [-0.15, -0.1) is 0 Å². The van der Waals surface area contributed by atoms with Crippen molar-refractivity contribution in [2.24, 2.45) is 5.41 Å². The second kappa shape index (κ2) is 16.3. The van der Waals surface area contributed by atoms with Crippen LogP contribution < -0.4 is 14.8 Å². The third kappa shape index (κ3) is 9.11. The third-order valence-electron chi connectivity index (χ3n) is 9.87. The van der Waals surface area contributed by atoms with Crippen molar-refractivity contribution < 1.29 is 34.1 Å². The lowest BCUT2D eigenvalue weighted by molar-refractivity contribution is -0.148. The first kappa shape index (κ1) is 37.9. The van der Waals surface area contributed by atoms with Crippen LogP contribution in [0.15, 0.2) is 72.3 Å². The zero-order valence-corrected chi connectivity index (χ0v) is 30.7. The summed E-state index contributed by atoms with van der Waals surface area (Å²) in [5.41, 5.74) is 3.94. The summed E-state index contributed by atoms with van der Waals surface area (Å²) in [4.78, 5) is 42.8. The smallest absolute Gasteiger partial charge is 0.309 e. The quantitative estimate of drug-likeness (QED) is 0.178. The number of piperazine rings is 1. The number of carboxylic acid groups (broad SMARTS) is 1. The monoisotopic (exact) mass is 717 g/mol. The molecule has 3 aromatic carbocycles. The first-order valence-electron chi connectivity index (χ1n) is 17.4. The van der Waals surface area contributed by atoms with Gasteiger partial charge in [-0.25, -0.2) is 0 Å². The van der Waals surface area contributed by atoms with Crippen LogP contribution in [0.5, 0.6) is 11.5 Å². The van der Waals surface area contributed by atoms with Crippen molar-refractivity contribution in [1.29, 1.82) is 0 Å². The van der Waals surface area contributed by atoms with E-state index < -0.39 is 23.5 Å². The molecule has 0 aliphatic carbocycles. The minimum atomic E-state index is -1.03. The van der Waals surface area contributed by atoms with E-state index in [2.05, 4.69) is 5.32 Å². The van der Waals surface area contributed by atoms with Crippen molar-refractivity contribution in [3.63, 3.8) is 0 Å². The number of carbonyl (C=O) groups is 3. The normalized spacial score (nSPS) is 17.9. The van der Waals surface area contributed by atoms with Crippen LogP contribution in [0.3, 0.4) is 0 Å². The zero-order chi connectivity index (χ0) is 36.9. The number of hydrogen-bond acceptors (Lipinski definition) is 7. The van der Waals surface area contributed by atoms with Crippen molar-refractivity contribution in [2.75, 3.05) is 39.9 Å². The Morgan fingerprint density at radius 1 is 0.980 bits per heavy atom. The van der Waals surface area contributed by atoms with Crippen LogP contribution in [0.1, 0.15) is 61.5 Å². The summed E-state index contributed by atoms with van der Waals surface area (Å²) >= 11 is 6.41. The molecule has 2 bridgehead atoms. The minimum absolute atomic E-state index is 0.0687. The van der Waals surface area contributed by atoms with Gasteiger partial charge in [0.15, 0.2) is 0 Å². The second-order valence-electron chi connectivity index (χ2n) is 14.2. The molecule has 3 atom stereocenters. The fourth-order valence-corrected chi connectivity index (χ4v) is 6.85. The van der Waals surface area contributed by atoms with Crippen LogP contribution in [0, 0.1) is 19.3 Å². The molecule has 3 N–H and O–H groups in total. The largest absolute Gasteiger partial charge is 0.489 e. The van der Waals surface area contributed by atoms with Crippen LogP contribution in [-0.4, -0.2) is 89.8 Å². The number of aliphatic carboxylic acids is 1. The maximum atomic E-state index is 14.4. The molecule has 1 saturated heterocycles. The molecule has 1 fully saturated rings. The van der Waals surface area contributed by atoms with Crippen LogP contribution >= 0.6 is 11.6 Å². The lowest BCUT2D eigenvalue weighted by Crippen LogP contribution is -2.62. The maximum absolute atomic E-state index is 14.4. The van der Waals surface area contributed by atoms with E-state index in [0.717, 1.165) is 22.3 Å². The number of amides is 2. The summed E-state index contributed by atoms with van der Waals surface area (Å²) < 4.78 is 12.2. The molecule has 11 heteroatoms. The number of nitrogens with zero attached hydrogens (tertiary/aromatic N) is 2. The van der Waals surface area contributed by atoms with Crippen LogP contribution in [0.2, 0.25) is 5.02 Å². The van der Waals surface area contributed by atoms with Crippen molar-refractivity contribution in [1.82, 2.24) is 15.1 Å². The van der Waals surface area contributed by atoms with Gasteiger partial charge in [0.1, 0.15) is 24.7 Å². The molecular weight excluding hydrogens is 670 g/mol. The van der Waals surface area contributed by atoms with Gasteiger partial charge in [-0.1, -0.05) is 60.1 Å². The highest BCUT2D eigenvalue weighted by atomic mass is 35.5. The maximum Gasteiger partial charge on any atom is 0.309 e. The van der Waals surface area contributed by atoms with E-state index in [0.29, 0.717) is 40.6 Å². The fraction of sp³-hybridized carbons (Fsp3) is 0.425. The first-order valence-corrected chi connectivity index (χ1v) is 17.7. The first-order chi connectivity index (χ1) is 24.2. The molecular formula is C40H48ClN3O7. The Balaban J connectivity index is 1.41. The van der Waals surface area contributed by atoms with E-state index in [1.807, 2.05) is 80.6 Å². The molecule has 2 aliphatic heterocycles. The van der Waals surface area contributed by atoms with Crippen LogP contribution in [0.4, 0.5) is 0 Å². The summed E-state index contributed by atoms with van der Waals surface area (Å²) in [6.45, 7) is 8.45. The summed E-state index contributed by atoms with van der Waals surface area (Å²) in [5.74, 6) is -0.167. The number of fused-ring (bicyclic) bond motifs is 2. The van der Waals surface area contributed by atoms with Gasteiger partial charge in [0.05, 0.1) is 29.1 Å². The number of hydrogen-bond donors (Lipinski definition) is 3. The molecule has 0 unspecified atom stereocenters. The van der Waals surface area contributed by atoms with Crippen molar-refractivity contribution >= 4 is 35.0 Å².